The molecule has 0 amide bonds. The number of fused-ring (bicyclic) bond motifs is 3. The summed E-state index contributed by atoms with van der Waals surface area (Å²) in [6, 6.07) is 29.1. The maximum atomic E-state index is 9.87. The standard InChI is InChI=1S/C32H31NOS.C2H6/c1-24(34)23-33-30-17-10-9-16-28(30)29-20-19-25(22-31(29)33)12-5-3-2-4-6-13-26-14-7-8-15-27(26)32-18-11-21-35-32;1-2/h7-10,14-20,22,34H,1-6,12-13,23H2;1-2H3. The number of allylic oxidation sites excluding steroid dienone is 1. The first-order chi connectivity index (χ1) is 18.2. The lowest BCUT2D eigenvalue weighted by molar-refractivity contribution is 0.383. The Morgan fingerprint density at radius 1 is 0.838 bits per heavy atom. The first kappa shape index (κ1) is 26.6. The maximum Gasteiger partial charge on any atom is 0.105 e. The highest BCUT2D eigenvalue weighted by Gasteiger charge is 2.11. The van der Waals surface area contributed by atoms with Crippen LogP contribution in [0.1, 0.15) is 57.1 Å². The first-order valence-corrected chi connectivity index (χ1v) is 14.3. The van der Waals surface area contributed by atoms with Gasteiger partial charge in [-0.05, 0) is 59.9 Å². The van der Waals surface area contributed by atoms with Gasteiger partial charge >= 0.3 is 0 Å². The van der Waals surface area contributed by atoms with Crippen molar-refractivity contribution < 1.29 is 5.11 Å². The quantitative estimate of drug-likeness (QED) is 0.140. The van der Waals surface area contributed by atoms with Gasteiger partial charge in [0.1, 0.15) is 5.76 Å². The van der Waals surface area contributed by atoms with Gasteiger partial charge in [-0.1, -0.05) is 112 Å². The van der Waals surface area contributed by atoms with E-state index in [0.29, 0.717) is 6.54 Å². The molecule has 37 heavy (non-hydrogen) atoms. The summed E-state index contributed by atoms with van der Waals surface area (Å²) in [7, 11) is 0. The fourth-order valence-electron chi connectivity index (χ4n) is 5.10. The SMILES string of the molecule is C=C(O)Cn1c2ccccc2c2ccc(CCCCCCCc3ccccc3-c3cc#cs3)cc21.CC. The Balaban J connectivity index is 0.00000156. The Hall–Kier alpha value is -3.48. The summed E-state index contributed by atoms with van der Waals surface area (Å²) in [5.41, 5.74) is 6.47. The molecule has 0 radical (unpaired) electrons. The molecule has 0 spiro atoms. The summed E-state index contributed by atoms with van der Waals surface area (Å²) in [5.74, 6) is 0.188. The van der Waals surface area contributed by atoms with Crippen LogP contribution in [0.25, 0.3) is 32.2 Å². The van der Waals surface area contributed by atoms with Gasteiger partial charge in [-0.3, -0.25) is 0 Å². The zero-order valence-corrected chi connectivity index (χ0v) is 22.9. The molecular formula is C34H37NOS. The summed E-state index contributed by atoms with van der Waals surface area (Å²) in [4.78, 5) is 1.26. The second-order valence-electron chi connectivity index (χ2n) is 9.30. The second-order valence-corrected chi connectivity index (χ2v) is 10.2. The lowest BCUT2D eigenvalue weighted by Gasteiger charge is -2.08. The van der Waals surface area contributed by atoms with Gasteiger partial charge in [0.05, 0.1) is 11.4 Å². The van der Waals surface area contributed by atoms with E-state index in [1.54, 1.807) is 11.3 Å². The molecule has 190 valence electrons. The number of hydrogen-bond acceptors (Lipinski definition) is 2. The van der Waals surface area contributed by atoms with Crippen LogP contribution in [0.2, 0.25) is 0 Å². The normalized spacial score (nSPS) is 10.8. The zero-order valence-electron chi connectivity index (χ0n) is 22.1. The number of hydrogen-bond donors (Lipinski definition) is 1. The molecule has 0 atom stereocenters. The van der Waals surface area contributed by atoms with Gasteiger partial charge in [-0.25, -0.2) is 0 Å². The Labute approximate surface area is 225 Å². The summed E-state index contributed by atoms with van der Waals surface area (Å²) in [6.45, 7) is 8.15. The van der Waals surface area contributed by atoms with Crippen LogP contribution in [0, 0.1) is 11.4 Å². The van der Waals surface area contributed by atoms with Crippen molar-refractivity contribution in [3.05, 3.63) is 108 Å². The predicted octanol–water partition coefficient (Wildman–Crippen LogP) is 9.96. The maximum absolute atomic E-state index is 9.87. The van der Waals surface area contributed by atoms with Gasteiger partial charge in [-0.2, -0.15) is 0 Å². The molecule has 5 aromatic rings. The third-order valence-corrected chi connectivity index (χ3v) is 7.57. The van der Waals surface area contributed by atoms with E-state index in [0.717, 1.165) is 18.4 Å². The number of benzene rings is 3. The molecule has 3 heteroatoms. The van der Waals surface area contributed by atoms with Crippen LogP contribution in [0.15, 0.2) is 85.1 Å². The third kappa shape index (κ3) is 6.45. The molecule has 0 saturated carbocycles. The van der Waals surface area contributed by atoms with Crippen LogP contribution in [0.4, 0.5) is 0 Å². The Morgan fingerprint density at radius 3 is 2.32 bits per heavy atom. The molecule has 1 N–H and O–H groups in total. The molecule has 0 aliphatic carbocycles. The minimum atomic E-state index is 0.188. The molecule has 2 nitrogen and oxygen atoms in total. The van der Waals surface area contributed by atoms with Crippen molar-refractivity contribution in [1.82, 2.24) is 4.57 Å². The average molecular weight is 508 g/mol. The largest absolute Gasteiger partial charge is 0.511 e. The highest BCUT2D eigenvalue weighted by molar-refractivity contribution is 7.12. The van der Waals surface area contributed by atoms with Gasteiger partial charge < -0.3 is 9.67 Å². The molecule has 2 heterocycles. The van der Waals surface area contributed by atoms with Gasteiger partial charge in [0.25, 0.3) is 0 Å². The summed E-state index contributed by atoms with van der Waals surface area (Å²) in [6.07, 6.45) is 8.45. The molecule has 5 rings (SSSR count). The van der Waals surface area contributed by atoms with Crippen LogP contribution in [0.5, 0.6) is 0 Å². The van der Waals surface area contributed by atoms with Gasteiger partial charge in [0, 0.05) is 27.9 Å². The van der Waals surface area contributed by atoms with Crippen LogP contribution < -0.4 is 0 Å². The minimum absolute atomic E-state index is 0.188. The van der Waals surface area contributed by atoms with Gasteiger partial charge in [0.15, 0.2) is 0 Å². The van der Waals surface area contributed by atoms with Crippen molar-refractivity contribution in [3.63, 3.8) is 0 Å². The number of aromatic nitrogens is 1. The second kappa shape index (κ2) is 13.2. The molecule has 2 aromatic heterocycles. The fourth-order valence-corrected chi connectivity index (χ4v) is 5.75. The monoisotopic (exact) mass is 507 g/mol. The van der Waals surface area contributed by atoms with Crippen molar-refractivity contribution in [2.24, 2.45) is 0 Å². The van der Waals surface area contributed by atoms with E-state index < -0.39 is 0 Å². The van der Waals surface area contributed by atoms with E-state index in [9.17, 15) is 5.11 Å². The van der Waals surface area contributed by atoms with E-state index in [1.807, 2.05) is 19.9 Å². The number of aryl methyl sites for hydroxylation is 2. The molecule has 0 aliphatic heterocycles. The fraction of sp³-hybridized carbons (Fsp3) is 0.294. The lowest BCUT2D eigenvalue weighted by Crippen LogP contribution is -1.99. The van der Waals surface area contributed by atoms with E-state index in [-0.39, 0.29) is 5.76 Å². The minimum Gasteiger partial charge on any atom is -0.511 e. The van der Waals surface area contributed by atoms with E-state index >= 15 is 0 Å². The topological polar surface area (TPSA) is 25.2 Å². The van der Waals surface area contributed by atoms with E-state index in [2.05, 4.69) is 89.3 Å². The average Bonchev–Trinajstić information content (AvgIpc) is 3.57. The molecule has 0 aliphatic rings. The molecule has 0 bridgehead atoms. The zero-order chi connectivity index (χ0) is 26.0. The van der Waals surface area contributed by atoms with Crippen molar-refractivity contribution in [3.8, 4) is 10.4 Å². The number of rotatable bonds is 11. The van der Waals surface area contributed by atoms with Crippen molar-refractivity contribution in [1.29, 1.82) is 0 Å². The third-order valence-electron chi connectivity index (χ3n) is 6.80. The van der Waals surface area contributed by atoms with E-state index in [1.165, 1.54) is 70.0 Å². The lowest BCUT2D eigenvalue weighted by atomic mass is 9.99. The van der Waals surface area contributed by atoms with Crippen LogP contribution in [-0.2, 0) is 19.4 Å². The number of unbranched alkanes of at least 4 members (excludes halogenated alkanes) is 4. The highest BCUT2D eigenvalue weighted by atomic mass is 32.1. The Bertz CT molecular complexity index is 1430. The van der Waals surface area contributed by atoms with Crippen LogP contribution >= 0.6 is 11.3 Å². The van der Waals surface area contributed by atoms with Crippen molar-refractivity contribution in [2.45, 2.75) is 65.3 Å². The first-order valence-electron chi connectivity index (χ1n) is 13.5. The van der Waals surface area contributed by atoms with Gasteiger partial charge in [0.2, 0.25) is 0 Å². The summed E-state index contributed by atoms with van der Waals surface area (Å²) in [5, 5.41) is 15.4. The summed E-state index contributed by atoms with van der Waals surface area (Å²) >= 11 is 1.64. The molecule has 0 saturated heterocycles. The molecule has 3 aromatic carbocycles. The van der Waals surface area contributed by atoms with Crippen LogP contribution in [-0.4, -0.2) is 9.67 Å². The molecular weight excluding hydrogens is 470 g/mol. The van der Waals surface area contributed by atoms with Crippen molar-refractivity contribution in [2.75, 3.05) is 0 Å². The van der Waals surface area contributed by atoms with Crippen molar-refractivity contribution >= 4 is 33.1 Å². The molecule has 0 fully saturated rings. The smallest absolute Gasteiger partial charge is 0.105 e. The number of para-hydroxylation sites is 1. The number of nitrogens with zero attached hydrogens (tertiary/aromatic N) is 1. The van der Waals surface area contributed by atoms with E-state index in [4.69, 9.17) is 0 Å². The van der Waals surface area contributed by atoms with Gasteiger partial charge in [-0.15, -0.1) is 0 Å². The Kier molecular flexibility index (Phi) is 9.46. The number of aliphatic hydroxyl groups is 1. The molecule has 0 unspecified atom stereocenters. The number of aliphatic hydroxyl groups excluding tert-OH is 1. The van der Waals surface area contributed by atoms with Crippen LogP contribution in [0.3, 0.4) is 0 Å². The highest BCUT2D eigenvalue weighted by Crippen LogP contribution is 2.31. The summed E-state index contributed by atoms with van der Waals surface area (Å²) < 4.78 is 2.18. The predicted molar refractivity (Wildman–Crippen MR) is 160 cm³/mol. The Morgan fingerprint density at radius 2 is 1.54 bits per heavy atom.